The summed E-state index contributed by atoms with van der Waals surface area (Å²) in [6.45, 7) is -0.277. The molecule has 0 aliphatic carbocycles. The number of anilines is 1. The number of hydrogen-bond donors (Lipinski definition) is 5. The molecule has 0 amide bonds. The molecular formula is C27H27N5O17S5. The van der Waals surface area contributed by atoms with Gasteiger partial charge >= 0.3 is 0 Å². The van der Waals surface area contributed by atoms with Gasteiger partial charge in [0.2, 0.25) is 0 Å². The van der Waals surface area contributed by atoms with Gasteiger partial charge in [-0.1, -0.05) is 15.1 Å². The van der Waals surface area contributed by atoms with Crippen molar-refractivity contribution < 1.29 is 79.0 Å². The first kappa shape index (κ1) is 42.8. The summed E-state index contributed by atoms with van der Waals surface area (Å²) in [7, 11) is -6.55. The number of fused-ring (bicyclic) bond motifs is 1. The normalized spacial score (nSPS) is 13.0. The Morgan fingerprint density at radius 3 is 2.15 bits per heavy atom. The number of phenols is 1. The minimum Gasteiger partial charge on any atom is -0.505 e. The van der Waals surface area contributed by atoms with Crippen LogP contribution in [0, 0.1) is 0 Å². The van der Waals surface area contributed by atoms with Crippen LogP contribution in [-0.4, -0.2) is 72.9 Å². The van der Waals surface area contributed by atoms with Gasteiger partial charge in [0, 0.05) is 10.8 Å². The monoisotopic (exact) mass is 853 g/mol. The Bertz CT molecular complexity index is 2230. The molecule has 0 saturated carbocycles. The lowest BCUT2D eigenvalue weighted by Crippen LogP contribution is -2.15. The highest BCUT2D eigenvalue weighted by Crippen LogP contribution is 2.48. The van der Waals surface area contributed by atoms with E-state index in [9.17, 15) is 26.2 Å². The SMILES string of the molecule is COc1ccc(S(=O)(=O)CCS(=O)OOO)cc1N=Nc1c(SOOO)cc2c(N=Nc3ccc(S(=O)(=O)CCOSOOO)cc3)c(N)ccc2c1O. The molecule has 4 aromatic rings. The second kappa shape index (κ2) is 20.1. The Labute approximate surface area is 316 Å². The maximum atomic E-state index is 12.9. The van der Waals surface area contributed by atoms with E-state index in [1.165, 1.54) is 61.7 Å². The van der Waals surface area contributed by atoms with Crippen molar-refractivity contribution in [1.82, 2.24) is 0 Å². The standard InChI is InChI=1S/C27H27N5O17S5/c1-42-23-9-6-18(54(40,41)13-11-52(37)49-46-36)14-22(23)30-32-26-24(50-47-44-34)15-20-19(27(26)33)7-8-21(28)25(20)31-29-16-2-4-17(5-3-16)53(38,39)12-10-43-51-48-45-35/h2-9,14-15,33-36H,10-13,28H2,1H3. The van der Waals surface area contributed by atoms with E-state index in [1.54, 1.807) is 0 Å². The van der Waals surface area contributed by atoms with Crippen LogP contribution in [0.1, 0.15) is 0 Å². The molecule has 1 atom stereocenters. The molecule has 0 saturated heterocycles. The highest BCUT2D eigenvalue weighted by atomic mass is 32.2. The maximum Gasteiger partial charge on any atom is 0.197 e. The Kier molecular flexibility index (Phi) is 16.0. The summed E-state index contributed by atoms with van der Waals surface area (Å²) >= 11 is -1.62. The first-order valence-electron chi connectivity index (χ1n) is 14.3. The highest BCUT2D eigenvalue weighted by Gasteiger charge is 2.21. The molecule has 0 fully saturated rings. The van der Waals surface area contributed by atoms with Crippen molar-refractivity contribution in [3.05, 3.63) is 60.7 Å². The Balaban J connectivity index is 1.67. The van der Waals surface area contributed by atoms with Crippen LogP contribution in [0.5, 0.6) is 11.5 Å². The zero-order valence-corrected chi connectivity index (χ0v) is 31.2. The van der Waals surface area contributed by atoms with Crippen molar-refractivity contribution in [2.75, 3.05) is 36.7 Å². The lowest BCUT2D eigenvalue weighted by atomic mass is 10.1. The van der Waals surface area contributed by atoms with Crippen molar-refractivity contribution >= 4 is 94.3 Å². The van der Waals surface area contributed by atoms with Crippen LogP contribution in [0.4, 0.5) is 28.4 Å². The number of methoxy groups -OCH3 is 1. The first-order chi connectivity index (χ1) is 25.8. The van der Waals surface area contributed by atoms with Gasteiger partial charge < -0.3 is 15.6 Å². The summed E-state index contributed by atoms with van der Waals surface area (Å²) in [4.78, 5) is -0.314. The van der Waals surface area contributed by atoms with E-state index in [0.717, 1.165) is 6.07 Å². The summed E-state index contributed by atoms with van der Waals surface area (Å²) in [5.74, 6) is -2.02. The number of nitrogen functional groups attached to an aromatic ring is 1. The molecule has 0 bridgehead atoms. The quantitative estimate of drug-likeness (QED) is 0.0159. The number of ether oxygens (including phenoxy) is 1. The molecule has 292 valence electrons. The molecule has 4 rings (SSSR count). The molecule has 1 unspecified atom stereocenters. The zero-order valence-electron chi connectivity index (χ0n) is 27.1. The summed E-state index contributed by atoms with van der Waals surface area (Å²) in [5.41, 5.74) is 6.27. The number of hydrogen-bond acceptors (Lipinski definition) is 24. The molecule has 54 heavy (non-hydrogen) atoms. The van der Waals surface area contributed by atoms with Gasteiger partial charge in [-0.3, -0.25) is 4.18 Å². The predicted octanol–water partition coefficient (Wildman–Crippen LogP) is 6.03. The van der Waals surface area contributed by atoms with Crippen LogP contribution in [0.3, 0.4) is 0 Å². The van der Waals surface area contributed by atoms with E-state index in [2.05, 4.69) is 48.6 Å². The molecular weight excluding hydrogens is 827 g/mol. The van der Waals surface area contributed by atoms with E-state index in [1.807, 2.05) is 0 Å². The minimum atomic E-state index is -4.07. The van der Waals surface area contributed by atoms with Gasteiger partial charge in [-0.2, -0.15) is 5.11 Å². The van der Waals surface area contributed by atoms with E-state index in [4.69, 9.17) is 30.4 Å². The smallest absolute Gasteiger partial charge is 0.197 e. The third-order valence-electron chi connectivity index (χ3n) is 6.79. The molecule has 0 spiro atoms. The Hall–Kier alpha value is -3.91. The number of nitrogens with two attached hydrogens (primary N) is 1. The second-order valence-electron chi connectivity index (χ2n) is 9.94. The van der Waals surface area contributed by atoms with Crippen LogP contribution in [0.25, 0.3) is 10.8 Å². The largest absolute Gasteiger partial charge is 0.505 e. The van der Waals surface area contributed by atoms with Crippen molar-refractivity contribution in [2.45, 2.75) is 14.7 Å². The molecule has 22 nitrogen and oxygen atoms in total. The summed E-state index contributed by atoms with van der Waals surface area (Å²) in [6, 6.07) is 13.3. The summed E-state index contributed by atoms with van der Waals surface area (Å²) in [6.07, 6.45) is 0. The van der Waals surface area contributed by atoms with Crippen LogP contribution in [0.15, 0.2) is 95.8 Å². The summed E-state index contributed by atoms with van der Waals surface area (Å²) < 4.78 is 85.2. The lowest BCUT2D eigenvalue weighted by molar-refractivity contribution is -0.434. The topological polar surface area (TPSA) is 316 Å². The van der Waals surface area contributed by atoms with E-state index in [0.29, 0.717) is 12.0 Å². The molecule has 6 N–H and O–H groups in total. The van der Waals surface area contributed by atoms with Gasteiger partial charge in [0.15, 0.2) is 48.8 Å². The molecule has 0 aliphatic heterocycles. The molecule has 27 heteroatoms. The Morgan fingerprint density at radius 1 is 0.778 bits per heavy atom. The molecule has 0 aromatic heterocycles. The van der Waals surface area contributed by atoms with Crippen LogP contribution >= 0.6 is 24.4 Å². The van der Waals surface area contributed by atoms with Gasteiger partial charge in [0.05, 0.1) is 69.1 Å². The van der Waals surface area contributed by atoms with Gasteiger partial charge in [-0.05, 0) is 60.7 Å². The fourth-order valence-corrected chi connectivity index (χ4v) is 8.57. The molecule has 4 aromatic carbocycles. The third-order valence-corrected chi connectivity index (χ3v) is 12.2. The fourth-order valence-electron chi connectivity index (χ4n) is 4.31. The average Bonchev–Trinajstić information content (AvgIpc) is 3.15. The van der Waals surface area contributed by atoms with Crippen LogP contribution < -0.4 is 10.5 Å². The van der Waals surface area contributed by atoms with E-state index < -0.39 is 53.8 Å². The van der Waals surface area contributed by atoms with E-state index >= 15 is 0 Å². The maximum absolute atomic E-state index is 12.9. The number of azo groups is 2. The fraction of sp³-hybridized carbons (Fsp3) is 0.185. The third kappa shape index (κ3) is 11.3. The van der Waals surface area contributed by atoms with Crippen LogP contribution in [0.2, 0.25) is 0 Å². The number of rotatable bonds is 21. The predicted molar refractivity (Wildman–Crippen MR) is 189 cm³/mol. The Morgan fingerprint density at radius 2 is 1.46 bits per heavy atom. The van der Waals surface area contributed by atoms with Crippen LogP contribution in [-0.2, 0) is 63.1 Å². The van der Waals surface area contributed by atoms with Gasteiger partial charge in [0.1, 0.15) is 22.8 Å². The van der Waals surface area contributed by atoms with E-state index in [-0.39, 0.29) is 78.6 Å². The first-order valence-corrected chi connectivity index (χ1v) is 20.2. The number of benzene rings is 4. The minimum absolute atomic E-state index is 0.0106. The van der Waals surface area contributed by atoms with Gasteiger partial charge in [-0.15, -0.1) is 28.3 Å². The second-order valence-corrected chi connectivity index (χ2v) is 16.6. The van der Waals surface area contributed by atoms with Crippen molar-refractivity contribution in [2.24, 2.45) is 20.5 Å². The number of phenolic OH excluding ortho intramolecular Hbond substituents is 1. The van der Waals surface area contributed by atoms with Gasteiger partial charge in [0.25, 0.3) is 0 Å². The molecule has 0 heterocycles. The number of nitrogens with zero attached hydrogens (tertiary/aromatic N) is 4. The zero-order chi connectivity index (χ0) is 39.3. The molecule has 0 radical (unpaired) electrons. The highest BCUT2D eigenvalue weighted by molar-refractivity contribution is 7.94. The van der Waals surface area contributed by atoms with Gasteiger partial charge in [-0.25, -0.2) is 36.8 Å². The summed E-state index contributed by atoms with van der Waals surface area (Å²) in [5, 5.41) is 63.8. The van der Waals surface area contributed by atoms with Crippen molar-refractivity contribution in [1.29, 1.82) is 0 Å². The van der Waals surface area contributed by atoms with Crippen molar-refractivity contribution in [3.63, 3.8) is 0 Å². The van der Waals surface area contributed by atoms with Crippen molar-refractivity contribution in [3.8, 4) is 11.5 Å². The number of sulfone groups is 2. The number of aromatic hydroxyl groups is 1. The lowest BCUT2D eigenvalue weighted by Gasteiger charge is -2.12. The molecule has 0 aliphatic rings. The average molecular weight is 854 g/mol.